The molecule has 0 aliphatic heterocycles. The maximum Gasteiger partial charge on any atom is 0.319 e. The van der Waals surface area contributed by atoms with E-state index < -0.39 is 18.0 Å². The lowest BCUT2D eigenvalue weighted by Crippen LogP contribution is -2.31. The zero-order valence-corrected chi connectivity index (χ0v) is 17.7. The molecule has 172 valence electrons. The lowest BCUT2D eigenvalue weighted by atomic mass is 10.2. The average Bonchev–Trinajstić information content (AvgIpc) is 3.55. The van der Waals surface area contributed by atoms with Crippen molar-refractivity contribution in [1.82, 2.24) is 20.4 Å². The third kappa shape index (κ3) is 5.50. The number of nitrogens with one attached hydrogen (secondary N) is 2. The van der Waals surface area contributed by atoms with Crippen molar-refractivity contribution >= 4 is 17.5 Å². The number of hydrogen-bond acceptors (Lipinski definition) is 8. The van der Waals surface area contributed by atoms with Crippen molar-refractivity contribution < 1.29 is 28.3 Å². The van der Waals surface area contributed by atoms with Gasteiger partial charge in [0.1, 0.15) is 17.3 Å². The molecule has 4 rings (SSSR count). The molecule has 3 N–H and O–H groups in total. The standard InChI is InChI=1S/C22H22FN5O5/c1-12(32-15-5-7-18(25-11-15)19(30)13-2-3-13)21-27-20(28-33-21)14-4-6-17(16(23)10-14)26-22(31)24-8-9-29/h4-7,10-13,29H,2-3,8-9H2,1H3,(H2,24,26,31). The van der Waals surface area contributed by atoms with Crippen molar-refractivity contribution in [2.45, 2.75) is 25.9 Å². The summed E-state index contributed by atoms with van der Waals surface area (Å²) >= 11 is 0. The molecule has 10 nitrogen and oxygen atoms in total. The number of benzene rings is 1. The molecule has 1 fully saturated rings. The first-order valence-corrected chi connectivity index (χ1v) is 10.4. The first-order chi connectivity index (χ1) is 15.9. The molecule has 1 saturated carbocycles. The third-order valence-corrected chi connectivity index (χ3v) is 4.91. The van der Waals surface area contributed by atoms with Crippen LogP contribution in [0.25, 0.3) is 11.4 Å². The molecule has 0 saturated heterocycles. The summed E-state index contributed by atoms with van der Waals surface area (Å²) in [6.45, 7) is 1.54. The van der Waals surface area contributed by atoms with Gasteiger partial charge in [-0.05, 0) is 50.1 Å². The molecule has 33 heavy (non-hydrogen) atoms. The van der Waals surface area contributed by atoms with Crippen LogP contribution in [0.4, 0.5) is 14.9 Å². The highest BCUT2D eigenvalue weighted by molar-refractivity contribution is 5.97. The molecular formula is C22H22FN5O5. The zero-order chi connectivity index (χ0) is 23.4. The molecule has 3 aromatic rings. The van der Waals surface area contributed by atoms with Crippen LogP contribution in [0.15, 0.2) is 41.1 Å². The summed E-state index contributed by atoms with van der Waals surface area (Å²) < 4.78 is 25.4. The number of aromatic nitrogens is 3. The number of carbonyl (C=O) groups excluding carboxylic acids is 2. The molecule has 1 aliphatic carbocycles. The van der Waals surface area contributed by atoms with Crippen LogP contribution < -0.4 is 15.4 Å². The predicted molar refractivity (Wildman–Crippen MR) is 114 cm³/mol. The SMILES string of the molecule is CC(Oc1ccc(C(=O)C2CC2)nc1)c1nc(-c2ccc(NC(=O)NCCO)c(F)c2)no1. The highest BCUT2D eigenvalue weighted by Gasteiger charge is 2.31. The largest absolute Gasteiger partial charge is 0.479 e. The number of ketones is 1. The number of urea groups is 1. The normalized spacial score (nSPS) is 13.9. The van der Waals surface area contributed by atoms with Crippen molar-refractivity contribution in [3.63, 3.8) is 0 Å². The van der Waals surface area contributed by atoms with Gasteiger partial charge in [-0.15, -0.1) is 0 Å². The van der Waals surface area contributed by atoms with Crippen LogP contribution in [0, 0.1) is 11.7 Å². The number of ether oxygens (including phenoxy) is 1. The maximum atomic E-state index is 14.4. The number of rotatable bonds is 9. The molecule has 0 bridgehead atoms. The Hall–Kier alpha value is -3.86. The smallest absolute Gasteiger partial charge is 0.319 e. The van der Waals surface area contributed by atoms with E-state index in [4.69, 9.17) is 14.4 Å². The summed E-state index contributed by atoms with van der Waals surface area (Å²) in [5.41, 5.74) is 0.731. The highest BCUT2D eigenvalue weighted by Crippen LogP contribution is 2.32. The predicted octanol–water partition coefficient (Wildman–Crippen LogP) is 3.12. The molecule has 1 aromatic carbocycles. The van der Waals surface area contributed by atoms with Crippen molar-refractivity contribution in [3.05, 3.63) is 53.9 Å². The molecule has 0 radical (unpaired) electrons. The van der Waals surface area contributed by atoms with Gasteiger partial charge < -0.3 is 25.0 Å². The molecule has 1 aliphatic rings. The van der Waals surface area contributed by atoms with E-state index in [9.17, 15) is 14.0 Å². The van der Waals surface area contributed by atoms with Crippen molar-refractivity contribution in [3.8, 4) is 17.1 Å². The fourth-order valence-corrected chi connectivity index (χ4v) is 3.01. The molecule has 2 amide bonds. The monoisotopic (exact) mass is 455 g/mol. The van der Waals surface area contributed by atoms with Gasteiger partial charge in [0.15, 0.2) is 11.9 Å². The first kappa shape index (κ1) is 22.3. The molecule has 2 aromatic heterocycles. The number of pyridine rings is 1. The van der Waals surface area contributed by atoms with Gasteiger partial charge in [0.25, 0.3) is 5.89 Å². The van der Waals surface area contributed by atoms with E-state index in [1.807, 2.05) is 0 Å². The van der Waals surface area contributed by atoms with Crippen molar-refractivity contribution in [2.24, 2.45) is 5.92 Å². The summed E-state index contributed by atoms with van der Waals surface area (Å²) in [7, 11) is 0. The second kappa shape index (κ2) is 9.74. The Morgan fingerprint density at radius 3 is 2.79 bits per heavy atom. The lowest BCUT2D eigenvalue weighted by molar-refractivity contribution is 0.0962. The number of nitrogens with zero attached hydrogens (tertiary/aromatic N) is 3. The minimum absolute atomic E-state index is 0.0364. The Morgan fingerprint density at radius 1 is 1.30 bits per heavy atom. The van der Waals surface area contributed by atoms with Crippen LogP contribution in [0.5, 0.6) is 5.75 Å². The van der Waals surface area contributed by atoms with Crippen LogP contribution in [0.2, 0.25) is 0 Å². The van der Waals surface area contributed by atoms with Crippen LogP contribution in [-0.2, 0) is 0 Å². The summed E-state index contributed by atoms with van der Waals surface area (Å²) in [5.74, 6) is 0.228. The average molecular weight is 455 g/mol. The van der Waals surface area contributed by atoms with Gasteiger partial charge in [-0.2, -0.15) is 4.98 Å². The zero-order valence-electron chi connectivity index (χ0n) is 17.7. The second-order valence-corrected chi connectivity index (χ2v) is 7.53. The summed E-state index contributed by atoms with van der Waals surface area (Å²) in [4.78, 5) is 32.1. The lowest BCUT2D eigenvalue weighted by Gasteiger charge is -2.10. The van der Waals surface area contributed by atoms with Gasteiger partial charge in [0.05, 0.1) is 18.5 Å². The molecule has 1 unspecified atom stereocenters. The topological polar surface area (TPSA) is 139 Å². The van der Waals surface area contributed by atoms with Gasteiger partial charge in [0, 0.05) is 18.0 Å². The Kier molecular flexibility index (Phi) is 6.59. The van der Waals surface area contributed by atoms with Crippen LogP contribution in [-0.4, -0.2) is 45.2 Å². The Labute approximate surface area is 188 Å². The van der Waals surface area contributed by atoms with Gasteiger partial charge in [-0.25, -0.2) is 14.2 Å². The summed E-state index contributed by atoms with van der Waals surface area (Å²) in [6, 6.07) is 6.72. The Bertz CT molecular complexity index is 1150. The number of anilines is 1. The number of Topliss-reactive ketones (excluding diaryl/α,β-unsaturated/α-hetero) is 1. The Morgan fingerprint density at radius 2 is 2.12 bits per heavy atom. The van der Waals surface area contributed by atoms with Gasteiger partial charge in [0.2, 0.25) is 5.82 Å². The van der Waals surface area contributed by atoms with Gasteiger partial charge in [-0.1, -0.05) is 5.16 Å². The van der Waals surface area contributed by atoms with E-state index in [1.54, 1.807) is 19.1 Å². The maximum absolute atomic E-state index is 14.4. The van der Waals surface area contributed by atoms with E-state index in [0.717, 1.165) is 12.8 Å². The molecule has 0 spiro atoms. The number of carbonyl (C=O) groups is 2. The fourth-order valence-electron chi connectivity index (χ4n) is 3.01. The van der Waals surface area contributed by atoms with E-state index in [2.05, 4.69) is 25.8 Å². The van der Waals surface area contributed by atoms with Crippen LogP contribution in [0.1, 0.15) is 42.2 Å². The number of hydrogen-bond donors (Lipinski definition) is 3. The van der Waals surface area contributed by atoms with Crippen LogP contribution in [0.3, 0.4) is 0 Å². The summed E-state index contributed by atoms with van der Waals surface area (Å²) in [6.07, 6.45) is 2.69. The molecular weight excluding hydrogens is 433 g/mol. The fraction of sp³-hybridized carbons (Fsp3) is 0.318. The minimum Gasteiger partial charge on any atom is -0.479 e. The van der Waals surface area contributed by atoms with Crippen LogP contribution >= 0.6 is 0 Å². The number of aliphatic hydroxyl groups excluding tert-OH is 1. The van der Waals surface area contributed by atoms with Gasteiger partial charge >= 0.3 is 6.03 Å². The third-order valence-electron chi connectivity index (χ3n) is 4.91. The highest BCUT2D eigenvalue weighted by atomic mass is 19.1. The minimum atomic E-state index is -0.686. The van der Waals surface area contributed by atoms with E-state index >= 15 is 0 Å². The summed E-state index contributed by atoms with van der Waals surface area (Å²) in [5, 5.41) is 17.3. The van der Waals surface area contributed by atoms with Crippen molar-refractivity contribution in [2.75, 3.05) is 18.5 Å². The molecule has 11 heteroatoms. The quantitative estimate of drug-likeness (QED) is 0.418. The first-order valence-electron chi connectivity index (χ1n) is 10.4. The number of amides is 2. The van der Waals surface area contributed by atoms with Gasteiger partial charge in [-0.3, -0.25) is 4.79 Å². The van der Waals surface area contributed by atoms with Crippen molar-refractivity contribution in [1.29, 1.82) is 0 Å². The number of aliphatic hydroxyl groups is 1. The van der Waals surface area contributed by atoms with E-state index in [0.29, 0.717) is 17.0 Å². The van der Waals surface area contributed by atoms with E-state index in [1.165, 1.54) is 24.4 Å². The van der Waals surface area contributed by atoms with E-state index in [-0.39, 0.29) is 42.3 Å². The molecule has 1 atom stereocenters. The molecule has 2 heterocycles. The number of halogens is 1. The Balaban J connectivity index is 1.39. The second-order valence-electron chi connectivity index (χ2n) is 7.53.